The fraction of sp³-hybridized carbons (Fsp3) is 0.667. The molecule has 2 aliphatic heterocycles. The second-order valence-corrected chi connectivity index (χ2v) is 6.52. The van der Waals surface area contributed by atoms with Gasteiger partial charge in [-0.3, -0.25) is 0 Å². The summed E-state index contributed by atoms with van der Waals surface area (Å²) in [5, 5.41) is 3.46. The Morgan fingerprint density at radius 3 is 2.86 bits per heavy atom. The number of hydrogen-bond donors (Lipinski definition) is 1. The van der Waals surface area contributed by atoms with E-state index >= 15 is 0 Å². The van der Waals surface area contributed by atoms with Crippen LogP contribution < -0.4 is 5.32 Å². The maximum atomic E-state index is 6.03. The minimum atomic E-state index is 0.0464. The second-order valence-electron chi connectivity index (χ2n) is 6.52. The van der Waals surface area contributed by atoms with Gasteiger partial charge in [0.05, 0.1) is 12.2 Å². The summed E-state index contributed by atoms with van der Waals surface area (Å²) in [5.74, 6) is 0.778. The molecule has 3 heteroatoms. The Kier molecular flexibility index (Phi) is 4.94. The SMILES string of the molecule is CNC(CCC1CCOC2(CCOC2)C1)c1ccccc1. The quantitative estimate of drug-likeness (QED) is 0.902. The van der Waals surface area contributed by atoms with Crippen molar-refractivity contribution in [1.82, 2.24) is 5.32 Å². The van der Waals surface area contributed by atoms with E-state index in [0.717, 1.165) is 32.2 Å². The van der Waals surface area contributed by atoms with Crippen molar-refractivity contribution in [2.24, 2.45) is 5.92 Å². The first-order valence-corrected chi connectivity index (χ1v) is 8.25. The standard InChI is InChI=1S/C18H27NO2/c1-19-17(16-5-3-2-4-6-16)8-7-15-9-11-21-18(13-15)10-12-20-14-18/h2-6,15,17,19H,7-14H2,1H3. The average Bonchev–Trinajstić information content (AvgIpc) is 2.97. The molecule has 3 nitrogen and oxygen atoms in total. The van der Waals surface area contributed by atoms with Gasteiger partial charge in [-0.05, 0) is 44.2 Å². The van der Waals surface area contributed by atoms with Crippen molar-refractivity contribution in [2.45, 2.75) is 43.7 Å². The van der Waals surface area contributed by atoms with Crippen molar-refractivity contribution in [3.8, 4) is 0 Å². The molecule has 21 heavy (non-hydrogen) atoms. The van der Waals surface area contributed by atoms with E-state index in [-0.39, 0.29) is 5.60 Å². The van der Waals surface area contributed by atoms with Crippen LogP contribution in [0.15, 0.2) is 30.3 Å². The molecular weight excluding hydrogens is 262 g/mol. The van der Waals surface area contributed by atoms with E-state index in [0.29, 0.717) is 6.04 Å². The number of hydrogen-bond acceptors (Lipinski definition) is 3. The van der Waals surface area contributed by atoms with Gasteiger partial charge in [-0.15, -0.1) is 0 Å². The van der Waals surface area contributed by atoms with Crippen LogP contribution in [0.3, 0.4) is 0 Å². The third-order valence-electron chi connectivity index (χ3n) is 5.08. The fourth-order valence-electron chi connectivity index (χ4n) is 3.80. The van der Waals surface area contributed by atoms with Crippen molar-refractivity contribution in [3.63, 3.8) is 0 Å². The van der Waals surface area contributed by atoms with E-state index in [1.165, 1.54) is 31.2 Å². The molecule has 0 radical (unpaired) electrons. The predicted octanol–water partition coefficient (Wildman–Crippen LogP) is 3.31. The zero-order valence-electron chi connectivity index (χ0n) is 13.0. The minimum absolute atomic E-state index is 0.0464. The van der Waals surface area contributed by atoms with Crippen LogP contribution in [-0.4, -0.2) is 32.5 Å². The summed E-state index contributed by atoms with van der Waals surface area (Å²) >= 11 is 0. The van der Waals surface area contributed by atoms with Crippen LogP contribution in [-0.2, 0) is 9.47 Å². The highest BCUT2D eigenvalue weighted by Gasteiger charge is 2.40. The monoisotopic (exact) mass is 289 g/mol. The average molecular weight is 289 g/mol. The molecule has 1 aromatic carbocycles. The van der Waals surface area contributed by atoms with E-state index in [1.54, 1.807) is 0 Å². The molecule has 2 fully saturated rings. The van der Waals surface area contributed by atoms with Gasteiger partial charge in [-0.1, -0.05) is 30.3 Å². The molecule has 3 rings (SSSR count). The maximum Gasteiger partial charge on any atom is 0.0939 e. The lowest BCUT2D eigenvalue weighted by Gasteiger charge is -2.37. The molecular formula is C18H27NO2. The molecule has 0 aromatic heterocycles. The normalized spacial score (nSPS) is 30.6. The molecule has 2 aliphatic rings. The van der Waals surface area contributed by atoms with Crippen molar-refractivity contribution < 1.29 is 9.47 Å². The van der Waals surface area contributed by atoms with Gasteiger partial charge in [-0.25, -0.2) is 0 Å². The topological polar surface area (TPSA) is 30.5 Å². The zero-order valence-corrected chi connectivity index (χ0v) is 13.0. The van der Waals surface area contributed by atoms with Crippen molar-refractivity contribution in [3.05, 3.63) is 35.9 Å². The summed E-state index contributed by atoms with van der Waals surface area (Å²) in [6.45, 7) is 2.58. The highest BCUT2D eigenvalue weighted by molar-refractivity contribution is 5.18. The van der Waals surface area contributed by atoms with Gasteiger partial charge < -0.3 is 14.8 Å². The summed E-state index contributed by atoms with van der Waals surface area (Å²) in [6.07, 6.45) is 5.93. The Balaban J connectivity index is 1.54. The van der Waals surface area contributed by atoms with Gasteiger partial charge in [0, 0.05) is 25.7 Å². The molecule has 1 spiro atoms. The van der Waals surface area contributed by atoms with Gasteiger partial charge in [0.2, 0.25) is 0 Å². The van der Waals surface area contributed by atoms with E-state index < -0.39 is 0 Å². The Morgan fingerprint density at radius 1 is 1.29 bits per heavy atom. The largest absolute Gasteiger partial charge is 0.378 e. The van der Waals surface area contributed by atoms with Crippen LogP contribution in [0.25, 0.3) is 0 Å². The summed E-state index contributed by atoms with van der Waals surface area (Å²) in [4.78, 5) is 0. The van der Waals surface area contributed by atoms with Crippen molar-refractivity contribution in [2.75, 3.05) is 26.9 Å². The molecule has 3 atom stereocenters. The predicted molar refractivity (Wildman–Crippen MR) is 84.3 cm³/mol. The van der Waals surface area contributed by atoms with Gasteiger partial charge in [0.15, 0.2) is 0 Å². The maximum absolute atomic E-state index is 6.03. The Hall–Kier alpha value is -0.900. The van der Waals surface area contributed by atoms with Crippen LogP contribution >= 0.6 is 0 Å². The molecule has 3 unspecified atom stereocenters. The van der Waals surface area contributed by atoms with Crippen LogP contribution in [0.5, 0.6) is 0 Å². The first-order valence-electron chi connectivity index (χ1n) is 8.25. The van der Waals surface area contributed by atoms with Crippen LogP contribution in [0.4, 0.5) is 0 Å². The number of benzene rings is 1. The first-order chi connectivity index (χ1) is 10.3. The summed E-state index contributed by atoms with van der Waals surface area (Å²) in [5.41, 5.74) is 1.44. The number of ether oxygens (including phenoxy) is 2. The minimum Gasteiger partial charge on any atom is -0.378 e. The third-order valence-corrected chi connectivity index (χ3v) is 5.08. The molecule has 1 aromatic rings. The molecule has 2 heterocycles. The Morgan fingerprint density at radius 2 is 2.14 bits per heavy atom. The van der Waals surface area contributed by atoms with Crippen molar-refractivity contribution >= 4 is 0 Å². The lowest BCUT2D eigenvalue weighted by Crippen LogP contribution is -2.40. The fourth-order valence-corrected chi connectivity index (χ4v) is 3.80. The molecule has 2 saturated heterocycles. The van der Waals surface area contributed by atoms with Gasteiger partial charge >= 0.3 is 0 Å². The third kappa shape index (κ3) is 3.65. The lowest BCUT2D eigenvalue weighted by molar-refractivity contribution is -0.0992. The summed E-state index contributed by atoms with van der Waals surface area (Å²) in [6, 6.07) is 11.2. The zero-order chi connectivity index (χ0) is 14.5. The first kappa shape index (κ1) is 15.0. The molecule has 0 aliphatic carbocycles. The lowest BCUT2D eigenvalue weighted by atomic mass is 9.82. The Labute approximate surface area is 128 Å². The van der Waals surface area contributed by atoms with Crippen LogP contribution in [0, 0.1) is 5.92 Å². The van der Waals surface area contributed by atoms with Crippen LogP contribution in [0.2, 0.25) is 0 Å². The molecule has 0 amide bonds. The van der Waals surface area contributed by atoms with E-state index in [9.17, 15) is 0 Å². The van der Waals surface area contributed by atoms with E-state index in [2.05, 4.69) is 42.7 Å². The highest BCUT2D eigenvalue weighted by atomic mass is 16.6. The molecule has 116 valence electrons. The molecule has 0 saturated carbocycles. The van der Waals surface area contributed by atoms with Crippen molar-refractivity contribution in [1.29, 1.82) is 0 Å². The molecule has 0 bridgehead atoms. The van der Waals surface area contributed by atoms with Gasteiger partial charge in [0.1, 0.15) is 0 Å². The van der Waals surface area contributed by atoms with E-state index in [4.69, 9.17) is 9.47 Å². The Bertz CT molecular complexity index is 428. The summed E-state index contributed by atoms with van der Waals surface area (Å²) < 4.78 is 11.6. The van der Waals surface area contributed by atoms with Gasteiger partial charge in [0.25, 0.3) is 0 Å². The van der Waals surface area contributed by atoms with Gasteiger partial charge in [-0.2, -0.15) is 0 Å². The number of nitrogens with one attached hydrogen (secondary N) is 1. The van der Waals surface area contributed by atoms with E-state index in [1.807, 2.05) is 0 Å². The highest BCUT2D eigenvalue weighted by Crippen LogP contribution is 2.38. The molecule has 1 N–H and O–H groups in total. The van der Waals surface area contributed by atoms with Crippen LogP contribution in [0.1, 0.15) is 43.7 Å². The smallest absolute Gasteiger partial charge is 0.0939 e. The second kappa shape index (κ2) is 6.91. The summed E-state index contributed by atoms with van der Waals surface area (Å²) in [7, 11) is 2.06. The number of rotatable bonds is 5.